The van der Waals surface area contributed by atoms with Gasteiger partial charge < -0.3 is 15.0 Å². The zero-order chi connectivity index (χ0) is 27.7. The zero-order valence-corrected chi connectivity index (χ0v) is 24.0. The summed E-state index contributed by atoms with van der Waals surface area (Å²) >= 11 is 13.0. The van der Waals surface area contributed by atoms with Crippen LogP contribution in [0.2, 0.25) is 10.0 Å². The van der Waals surface area contributed by atoms with E-state index < -0.39 is 6.04 Å². The lowest BCUT2D eigenvalue weighted by Gasteiger charge is -2.32. The maximum atomic E-state index is 13.8. The van der Waals surface area contributed by atoms with Crippen molar-refractivity contribution in [3.8, 4) is 5.75 Å². The second kappa shape index (κ2) is 13.7. The molecule has 0 fully saturated rings. The zero-order valence-electron chi connectivity index (χ0n) is 22.5. The van der Waals surface area contributed by atoms with Gasteiger partial charge in [0.15, 0.2) is 6.61 Å². The maximum absolute atomic E-state index is 13.8. The number of halogens is 2. The monoisotopic (exact) mass is 554 g/mol. The fourth-order valence-corrected chi connectivity index (χ4v) is 4.73. The SMILES string of the molecule is CCCNC(=O)C(Cc1ccccc1)N(Cc1c(Cl)cccc1Cl)C(=O)COc1ccccc1C(C)(C)C. The van der Waals surface area contributed by atoms with Crippen LogP contribution in [0.5, 0.6) is 5.75 Å². The van der Waals surface area contributed by atoms with Gasteiger partial charge in [0.25, 0.3) is 5.91 Å². The highest BCUT2D eigenvalue weighted by molar-refractivity contribution is 6.36. The van der Waals surface area contributed by atoms with Gasteiger partial charge in [-0.15, -0.1) is 0 Å². The predicted molar refractivity (Wildman–Crippen MR) is 155 cm³/mol. The minimum absolute atomic E-state index is 0.0681. The summed E-state index contributed by atoms with van der Waals surface area (Å²) in [6.07, 6.45) is 1.11. The molecule has 0 bridgehead atoms. The summed E-state index contributed by atoms with van der Waals surface area (Å²) in [7, 11) is 0. The van der Waals surface area contributed by atoms with Crippen LogP contribution in [0.1, 0.15) is 50.8 Å². The van der Waals surface area contributed by atoms with Crippen molar-refractivity contribution >= 4 is 35.0 Å². The van der Waals surface area contributed by atoms with Gasteiger partial charge in [-0.3, -0.25) is 9.59 Å². The van der Waals surface area contributed by atoms with Crippen molar-refractivity contribution < 1.29 is 14.3 Å². The number of para-hydroxylation sites is 1. The Morgan fingerprint density at radius 2 is 1.55 bits per heavy atom. The Bertz CT molecular complexity index is 1210. The minimum atomic E-state index is -0.787. The molecule has 0 aromatic heterocycles. The molecule has 2 amide bonds. The Morgan fingerprint density at radius 3 is 2.18 bits per heavy atom. The van der Waals surface area contributed by atoms with E-state index in [-0.39, 0.29) is 30.4 Å². The van der Waals surface area contributed by atoms with Gasteiger partial charge in [0.05, 0.1) is 0 Å². The summed E-state index contributed by atoms with van der Waals surface area (Å²) in [6, 6.07) is 21.8. The molecule has 5 nitrogen and oxygen atoms in total. The van der Waals surface area contributed by atoms with Crippen LogP contribution in [-0.4, -0.2) is 35.9 Å². The Kier molecular flexibility index (Phi) is 10.6. The molecule has 0 radical (unpaired) electrons. The van der Waals surface area contributed by atoms with Gasteiger partial charge in [-0.2, -0.15) is 0 Å². The van der Waals surface area contributed by atoms with Crippen LogP contribution in [0.4, 0.5) is 0 Å². The summed E-state index contributed by atoms with van der Waals surface area (Å²) in [6.45, 7) is 8.61. The highest BCUT2D eigenvalue weighted by Crippen LogP contribution is 2.31. The topological polar surface area (TPSA) is 58.6 Å². The standard InChI is InChI=1S/C31H36Cl2N2O3/c1-5-18-34-30(37)27(19-22-12-7-6-8-13-22)35(20-23-25(32)15-11-16-26(23)33)29(36)21-38-28-17-10-9-14-24(28)31(2,3)4/h6-17,27H,5,18-21H2,1-4H3,(H,34,37). The average Bonchev–Trinajstić information content (AvgIpc) is 2.89. The number of hydrogen-bond acceptors (Lipinski definition) is 3. The van der Waals surface area contributed by atoms with Crippen LogP contribution in [0.25, 0.3) is 0 Å². The van der Waals surface area contributed by atoms with Gasteiger partial charge in [0.2, 0.25) is 5.91 Å². The van der Waals surface area contributed by atoms with Crippen LogP contribution in [-0.2, 0) is 28.0 Å². The van der Waals surface area contributed by atoms with Crippen molar-refractivity contribution in [1.82, 2.24) is 10.2 Å². The molecule has 3 rings (SSSR count). The van der Waals surface area contributed by atoms with E-state index in [4.69, 9.17) is 27.9 Å². The number of hydrogen-bond donors (Lipinski definition) is 1. The van der Waals surface area contributed by atoms with E-state index in [2.05, 4.69) is 26.1 Å². The molecule has 7 heteroatoms. The van der Waals surface area contributed by atoms with E-state index in [0.717, 1.165) is 17.5 Å². The first-order valence-corrected chi connectivity index (χ1v) is 13.6. The molecule has 0 aliphatic carbocycles. The largest absolute Gasteiger partial charge is 0.483 e. The van der Waals surface area contributed by atoms with Crippen molar-refractivity contribution in [2.24, 2.45) is 0 Å². The molecule has 202 valence electrons. The third kappa shape index (κ3) is 7.99. The highest BCUT2D eigenvalue weighted by Gasteiger charge is 2.32. The summed E-state index contributed by atoms with van der Waals surface area (Å²) in [4.78, 5) is 28.8. The molecule has 0 saturated carbocycles. The van der Waals surface area contributed by atoms with Crippen molar-refractivity contribution in [3.63, 3.8) is 0 Å². The number of benzene rings is 3. The first-order valence-electron chi connectivity index (χ1n) is 12.9. The second-order valence-electron chi connectivity index (χ2n) is 10.3. The molecule has 1 atom stereocenters. The Balaban J connectivity index is 1.97. The van der Waals surface area contributed by atoms with Gasteiger partial charge in [0, 0.05) is 35.1 Å². The number of nitrogens with zero attached hydrogens (tertiary/aromatic N) is 1. The number of ether oxygens (including phenoxy) is 1. The van der Waals surface area contributed by atoms with E-state index in [9.17, 15) is 9.59 Å². The van der Waals surface area contributed by atoms with Crippen LogP contribution in [0.3, 0.4) is 0 Å². The smallest absolute Gasteiger partial charge is 0.261 e. The summed E-state index contributed by atoms with van der Waals surface area (Å²) in [5.41, 5.74) is 2.35. The minimum Gasteiger partial charge on any atom is -0.483 e. The molecule has 1 N–H and O–H groups in total. The second-order valence-corrected chi connectivity index (χ2v) is 11.1. The van der Waals surface area contributed by atoms with Crippen LogP contribution >= 0.6 is 23.2 Å². The molecule has 0 aliphatic heterocycles. The molecule has 0 heterocycles. The van der Waals surface area contributed by atoms with Gasteiger partial charge in [-0.05, 0) is 41.2 Å². The molecule has 1 unspecified atom stereocenters. The van der Waals surface area contributed by atoms with Crippen molar-refractivity contribution in [2.45, 2.75) is 58.5 Å². The summed E-state index contributed by atoms with van der Waals surface area (Å²) in [5.74, 6) is 0.0683. The fourth-order valence-electron chi connectivity index (χ4n) is 4.21. The average molecular weight is 556 g/mol. The highest BCUT2D eigenvalue weighted by atomic mass is 35.5. The van der Waals surface area contributed by atoms with E-state index >= 15 is 0 Å². The lowest BCUT2D eigenvalue weighted by molar-refractivity contribution is -0.142. The summed E-state index contributed by atoms with van der Waals surface area (Å²) < 4.78 is 6.08. The summed E-state index contributed by atoms with van der Waals surface area (Å²) in [5, 5.41) is 3.83. The molecule has 0 aliphatic rings. The van der Waals surface area contributed by atoms with E-state index in [1.165, 1.54) is 4.90 Å². The number of nitrogens with one attached hydrogen (secondary N) is 1. The lowest BCUT2D eigenvalue weighted by Crippen LogP contribution is -2.52. The lowest BCUT2D eigenvalue weighted by atomic mass is 9.86. The number of amides is 2. The van der Waals surface area contributed by atoms with E-state index in [1.54, 1.807) is 18.2 Å². The van der Waals surface area contributed by atoms with Crippen LogP contribution in [0, 0.1) is 0 Å². The van der Waals surface area contributed by atoms with Gasteiger partial charge >= 0.3 is 0 Å². The Morgan fingerprint density at radius 1 is 0.921 bits per heavy atom. The van der Waals surface area contributed by atoms with Crippen LogP contribution < -0.4 is 10.1 Å². The first kappa shape index (κ1) is 29.5. The molecule has 0 saturated heterocycles. The molecule has 3 aromatic carbocycles. The van der Waals surface area contributed by atoms with Crippen molar-refractivity contribution in [2.75, 3.05) is 13.2 Å². The maximum Gasteiger partial charge on any atom is 0.261 e. The fraction of sp³-hybridized carbons (Fsp3) is 0.355. The van der Waals surface area contributed by atoms with Crippen molar-refractivity contribution in [3.05, 3.63) is 99.5 Å². The third-order valence-electron chi connectivity index (χ3n) is 6.26. The first-order chi connectivity index (χ1) is 18.1. The number of carbonyl (C=O) groups is 2. The Labute approximate surface area is 236 Å². The molecule has 0 spiro atoms. The normalized spacial score (nSPS) is 12.1. The van der Waals surface area contributed by atoms with Gasteiger partial charge in [-0.25, -0.2) is 0 Å². The molecular formula is C31H36Cl2N2O3. The quantitative estimate of drug-likeness (QED) is 0.282. The van der Waals surface area contributed by atoms with Gasteiger partial charge in [0.1, 0.15) is 11.8 Å². The Hall–Kier alpha value is -3.02. The molecular weight excluding hydrogens is 519 g/mol. The van der Waals surface area contributed by atoms with Crippen molar-refractivity contribution in [1.29, 1.82) is 0 Å². The molecule has 3 aromatic rings. The van der Waals surface area contributed by atoms with Gasteiger partial charge in [-0.1, -0.05) is 105 Å². The third-order valence-corrected chi connectivity index (χ3v) is 6.96. The molecule has 38 heavy (non-hydrogen) atoms. The predicted octanol–water partition coefficient (Wildman–Crippen LogP) is 6.84. The van der Waals surface area contributed by atoms with E-state index in [1.807, 2.05) is 61.5 Å². The van der Waals surface area contributed by atoms with E-state index in [0.29, 0.717) is 34.3 Å². The number of carbonyl (C=O) groups excluding carboxylic acids is 2. The number of rotatable bonds is 11. The van der Waals surface area contributed by atoms with Crippen LogP contribution in [0.15, 0.2) is 72.8 Å².